The van der Waals surface area contributed by atoms with Crippen LogP contribution in [0.25, 0.3) is 0 Å². The van der Waals surface area contributed by atoms with Gasteiger partial charge in [-0.2, -0.15) is 0 Å². The molecule has 3 fully saturated rings. The third kappa shape index (κ3) is 8.28. The quantitative estimate of drug-likeness (QED) is 0.850. The molecular weight excluding hydrogens is 300 g/mol. The van der Waals surface area contributed by atoms with Crippen LogP contribution in [0.2, 0.25) is 0 Å². The highest BCUT2D eigenvalue weighted by Gasteiger charge is 2.25. The van der Waals surface area contributed by atoms with E-state index in [1.54, 1.807) is 0 Å². The van der Waals surface area contributed by atoms with Crippen molar-refractivity contribution in [1.82, 2.24) is 4.90 Å². The largest absolute Gasteiger partial charge is 0.381 e. The lowest BCUT2D eigenvalue weighted by atomic mass is 9.92. The van der Waals surface area contributed by atoms with Gasteiger partial charge in [-0.3, -0.25) is 0 Å². The summed E-state index contributed by atoms with van der Waals surface area (Å²) in [6, 6.07) is 0.835. The molecule has 1 unspecified atom stereocenters. The number of likely N-dealkylation sites (tertiary alicyclic amines) is 1. The number of ether oxygens (including phenoxy) is 2. The fourth-order valence-corrected chi connectivity index (χ4v) is 3.77. The molecule has 24 heavy (non-hydrogen) atoms. The van der Waals surface area contributed by atoms with Gasteiger partial charge in [-0.25, -0.2) is 0 Å². The highest BCUT2D eigenvalue weighted by molar-refractivity contribution is 4.79. The van der Waals surface area contributed by atoms with Crippen LogP contribution in [-0.2, 0) is 9.47 Å². The fourth-order valence-electron chi connectivity index (χ4n) is 3.77. The zero-order valence-corrected chi connectivity index (χ0v) is 16.5. The van der Waals surface area contributed by atoms with Gasteiger partial charge in [0.25, 0.3) is 0 Å². The molecule has 3 aliphatic heterocycles. The lowest BCUT2D eigenvalue weighted by molar-refractivity contribution is 0.0209. The van der Waals surface area contributed by atoms with Gasteiger partial charge in [0.1, 0.15) is 0 Å². The summed E-state index contributed by atoms with van der Waals surface area (Å²) in [5, 5.41) is 0. The SMILES string of the molecule is CC.CCC1CCN(C2CCOCC2)CC1.NCC1CCCOC1. The first-order valence-corrected chi connectivity index (χ1v) is 10.4. The van der Waals surface area contributed by atoms with E-state index in [1.165, 1.54) is 58.0 Å². The summed E-state index contributed by atoms with van der Waals surface area (Å²) in [4.78, 5) is 2.70. The molecular formula is C20H42N2O2. The minimum Gasteiger partial charge on any atom is -0.381 e. The Morgan fingerprint density at radius 1 is 0.875 bits per heavy atom. The topological polar surface area (TPSA) is 47.7 Å². The lowest BCUT2D eigenvalue weighted by Crippen LogP contribution is -2.44. The average Bonchev–Trinajstić information content (AvgIpc) is 2.71. The van der Waals surface area contributed by atoms with Gasteiger partial charge in [-0.15, -0.1) is 0 Å². The molecule has 3 rings (SSSR count). The number of hydrogen-bond donors (Lipinski definition) is 1. The maximum atomic E-state index is 5.42. The molecule has 0 saturated carbocycles. The highest BCUT2D eigenvalue weighted by atomic mass is 16.5. The van der Waals surface area contributed by atoms with Crippen LogP contribution < -0.4 is 5.73 Å². The first-order valence-electron chi connectivity index (χ1n) is 10.4. The number of nitrogens with zero attached hydrogens (tertiary/aromatic N) is 1. The Bertz CT molecular complexity index is 269. The first kappa shape index (κ1) is 21.9. The molecule has 0 aromatic heterocycles. The Kier molecular flexibility index (Phi) is 12.8. The van der Waals surface area contributed by atoms with Crippen LogP contribution in [0, 0.1) is 11.8 Å². The molecule has 1 atom stereocenters. The van der Waals surface area contributed by atoms with Crippen LogP contribution in [-0.4, -0.2) is 57.0 Å². The highest BCUT2D eigenvalue weighted by Crippen LogP contribution is 2.24. The molecule has 0 aliphatic carbocycles. The fraction of sp³-hybridized carbons (Fsp3) is 1.00. The predicted octanol–water partition coefficient (Wildman–Crippen LogP) is 3.69. The second kappa shape index (κ2) is 14.1. The predicted molar refractivity (Wildman–Crippen MR) is 102 cm³/mol. The zero-order chi connectivity index (χ0) is 17.6. The van der Waals surface area contributed by atoms with Gasteiger partial charge in [-0.05, 0) is 70.0 Å². The van der Waals surface area contributed by atoms with Crippen LogP contribution in [0.3, 0.4) is 0 Å². The van der Waals surface area contributed by atoms with E-state index >= 15 is 0 Å². The second-order valence-corrected chi connectivity index (χ2v) is 7.05. The van der Waals surface area contributed by atoms with Gasteiger partial charge < -0.3 is 20.1 Å². The van der Waals surface area contributed by atoms with Gasteiger partial charge in [-0.1, -0.05) is 27.2 Å². The van der Waals surface area contributed by atoms with Gasteiger partial charge in [0.15, 0.2) is 0 Å². The van der Waals surface area contributed by atoms with Crippen molar-refractivity contribution in [1.29, 1.82) is 0 Å². The average molecular weight is 343 g/mol. The second-order valence-electron chi connectivity index (χ2n) is 7.05. The molecule has 4 heteroatoms. The van der Waals surface area contributed by atoms with Gasteiger partial charge in [0.05, 0.1) is 6.61 Å². The number of piperidine rings is 1. The summed E-state index contributed by atoms with van der Waals surface area (Å²) in [7, 11) is 0. The van der Waals surface area contributed by atoms with E-state index in [0.29, 0.717) is 5.92 Å². The maximum absolute atomic E-state index is 5.42. The first-order chi connectivity index (χ1) is 11.8. The smallest absolute Gasteiger partial charge is 0.0506 e. The third-order valence-electron chi connectivity index (χ3n) is 5.52. The van der Waals surface area contributed by atoms with Crippen molar-refractivity contribution in [2.24, 2.45) is 17.6 Å². The van der Waals surface area contributed by atoms with E-state index < -0.39 is 0 Å². The molecule has 3 aliphatic rings. The summed E-state index contributed by atoms with van der Waals surface area (Å²) in [6.45, 7) is 13.6. The molecule has 4 nitrogen and oxygen atoms in total. The van der Waals surface area contributed by atoms with E-state index in [9.17, 15) is 0 Å². The Hall–Kier alpha value is -0.160. The van der Waals surface area contributed by atoms with E-state index in [2.05, 4.69) is 11.8 Å². The van der Waals surface area contributed by atoms with Crippen LogP contribution in [0.5, 0.6) is 0 Å². The van der Waals surface area contributed by atoms with E-state index in [0.717, 1.165) is 44.9 Å². The minimum atomic E-state index is 0.642. The van der Waals surface area contributed by atoms with Crippen molar-refractivity contribution in [3.05, 3.63) is 0 Å². The molecule has 0 aromatic carbocycles. The Labute approximate surface area is 150 Å². The summed E-state index contributed by atoms with van der Waals surface area (Å²) in [5.74, 6) is 1.65. The van der Waals surface area contributed by atoms with Crippen molar-refractivity contribution in [2.45, 2.75) is 71.8 Å². The van der Waals surface area contributed by atoms with Crippen LogP contribution >= 0.6 is 0 Å². The summed E-state index contributed by atoms with van der Waals surface area (Å²) in [5.41, 5.74) is 5.42. The zero-order valence-electron chi connectivity index (χ0n) is 16.5. The summed E-state index contributed by atoms with van der Waals surface area (Å²) >= 11 is 0. The normalized spacial score (nSPS) is 26.8. The summed E-state index contributed by atoms with van der Waals surface area (Å²) < 4.78 is 10.6. The minimum absolute atomic E-state index is 0.642. The lowest BCUT2D eigenvalue weighted by Gasteiger charge is -2.39. The molecule has 2 N–H and O–H groups in total. The van der Waals surface area contributed by atoms with Crippen molar-refractivity contribution in [2.75, 3.05) is 46.1 Å². The van der Waals surface area contributed by atoms with Gasteiger partial charge in [0.2, 0.25) is 0 Å². The van der Waals surface area contributed by atoms with Crippen LogP contribution in [0.1, 0.15) is 65.7 Å². The van der Waals surface area contributed by atoms with Crippen molar-refractivity contribution >= 4 is 0 Å². The third-order valence-corrected chi connectivity index (χ3v) is 5.52. The molecule has 3 heterocycles. The van der Waals surface area contributed by atoms with Crippen LogP contribution in [0.4, 0.5) is 0 Å². The summed E-state index contributed by atoms with van der Waals surface area (Å²) in [6.07, 6.45) is 9.20. The van der Waals surface area contributed by atoms with Crippen molar-refractivity contribution in [3.63, 3.8) is 0 Å². The van der Waals surface area contributed by atoms with E-state index in [4.69, 9.17) is 15.2 Å². The molecule has 0 aromatic rings. The maximum Gasteiger partial charge on any atom is 0.0506 e. The van der Waals surface area contributed by atoms with E-state index in [1.807, 2.05) is 13.8 Å². The Morgan fingerprint density at radius 3 is 2.00 bits per heavy atom. The number of hydrogen-bond acceptors (Lipinski definition) is 4. The molecule has 144 valence electrons. The molecule has 0 spiro atoms. The van der Waals surface area contributed by atoms with E-state index in [-0.39, 0.29) is 0 Å². The van der Waals surface area contributed by atoms with Crippen molar-refractivity contribution in [3.8, 4) is 0 Å². The molecule has 0 amide bonds. The Balaban J connectivity index is 0.000000245. The van der Waals surface area contributed by atoms with Crippen LogP contribution in [0.15, 0.2) is 0 Å². The van der Waals surface area contributed by atoms with Gasteiger partial charge in [0, 0.05) is 25.9 Å². The molecule has 0 bridgehead atoms. The van der Waals surface area contributed by atoms with Gasteiger partial charge >= 0.3 is 0 Å². The molecule has 3 saturated heterocycles. The monoisotopic (exact) mass is 342 g/mol. The number of rotatable bonds is 3. The van der Waals surface area contributed by atoms with Crippen molar-refractivity contribution < 1.29 is 9.47 Å². The Morgan fingerprint density at radius 2 is 1.54 bits per heavy atom. The molecule has 0 radical (unpaired) electrons. The number of nitrogens with two attached hydrogens (primary N) is 1. The standard InChI is InChI=1S/C12H23NO.C6H13NO.C2H6/c1-2-11-3-7-13(8-4-11)12-5-9-14-10-6-12;7-4-6-2-1-3-8-5-6;1-2/h11-12H,2-10H2,1H3;6H,1-5,7H2;1-2H3.